The van der Waals surface area contributed by atoms with E-state index in [0.717, 1.165) is 33.3 Å². The predicted molar refractivity (Wildman–Crippen MR) is 99.5 cm³/mol. The van der Waals surface area contributed by atoms with Gasteiger partial charge in [-0.05, 0) is 43.7 Å². The molecule has 0 bridgehead atoms. The number of rotatable bonds is 2. The van der Waals surface area contributed by atoms with E-state index in [0.29, 0.717) is 6.61 Å². The van der Waals surface area contributed by atoms with Crippen LogP contribution in [0.1, 0.15) is 19.4 Å². The Labute approximate surface area is 147 Å². The Hall–Kier alpha value is -2.72. The lowest BCUT2D eigenvalue weighted by molar-refractivity contribution is -0.123. The van der Waals surface area contributed by atoms with Crippen LogP contribution in [0.4, 0.5) is 5.69 Å². The SMILES string of the molecule is CC(C)N1C(=O)COCc2cc(-c3cnc4ccccc4c3)ccc21. The van der Waals surface area contributed by atoms with Crippen LogP contribution in [-0.2, 0) is 16.1 Å². The van der Waals surface area contributed by atoms with E-state index in [2.05, 4.69) is 29.2 Å². The van der Waals surface area contributed by atoms with Gasteiger partial charge in [0.05, 0.1) is 12.1 Å². The van der Waals surface area contributed by atoms with Crippen molar-refractivity contribution in [2.45, 2.75) is 26.5 Å². The molecule has 4 heteroatoms. The molecule has 25 heavy (non-hydrogen) atoms. The van der Waals surface area contributed by atoms with Crippen LogP contribution in [0, 0.1) is 0 Å². The van der Waals surface area contributed by atoms with E-state index >= 15 is 0 Å². The topological polar surface area (TPSA) is 42.4 Å². The molecule has 1 amide bonds. The summed E-state index contributed by atoms with van der Waals surface area (Å²) in [5.41, 5.74) is 5.10. The summed E-state index contributed by atoms with van der Waals surface area (Å²) in [5.74, 6) is 0.00821. The maximum Gasteiger partial charge on any atom is 0.253 e. The molecule has 4 nitrogen and oxygen atoms in total. The number of ether oxygens (including phenoxy) is 1. The van der Waals surface area contributed by atoms with E-state index in [-0.39, 0.29) is 18.6 Å². The molecule has 0 spiro atoms. The molecule has 126 valence electrons. The first-order valence-corrected chi connectivity index (χ1v) is 8.51. The van der Waals surface area contributed by atoms with E-state index in [4.69, 9.17) is 4.74 Å². The number of carbonyl (C=O) groups is 1. The van der Waals surface area contributed by atoms with Crippen LogP contribution in [-0.4, -0.2) is 23.5 Å². The standard InChI is InChI=1S/C21H20N2O2/c1-14(2)23-20-8-7-15(9-18(20)12-25-13-21(23)24)17-10-16-5-3-4-6-19(16)22-11-17/h3-11,14H,12-13H2,1-2H3. The third kappa shape index (κ3) is 2.89. The van der Waals surface area contributed by atoms with Gasteiger partial charge in [0.25, 0.3) is 5.91 Å². The van der Waals surface area contributed by atoms with Crippen molar-refractivity contribution in [2.24, 2.45) is 0 Å². The van der Waals surface area contributed by atoms with Gasteiger partial charge in [0.15, 0.2) is 0 Å². The zero-order valence-corrected chi connectivity index (χ0v) is 14.4. The van der Waals surface area contributed by atoms with Crippen molar-refractivity contribution in [3.8, 4) is 11.1 Å². The number of pyridine rings is 1. The van der Waals surface area contributed by atoms with Gasteiger partial charge in [-0.3, -0.25) is 9.78 Å². The van der Waals surface area contributed by atoms with Gasteiger partial charge in [0.2, 0.25) is 0 Å². The van der Waals surface area contributed by atoms with Crippen LogP contribution >= 0.6 is 0 Å². The molecule has 0 unspecified atom stereocenters. The van der Waals surface area contributed by atoms with Crippen molar-refractivity contribution in [1.29, 1.82) is 0 Å². The second kappa shape index (κ2) is 6.30. The summed E-state index contributed by atoms with van der Waals surface area (Å²) < 4.78 is 5.57. The molecule has 0 saturated carbocycles. The molecule has 3 aromatic rings. The number of nitrogens with zero attached hydrogens (tertiary/aromatic N) is 2. The molecule has 1 aromatic heterocycles. The lowest BCUT2D eigenvalue weighted by Gasteiger charge is -2.26. The Balaban J connectivity index is 1.79. The van der Waals surface area contributed by atoms with Crippen LogP contribution in [0.3, 0.4) is 0 Å². The molecule has 0 radical (unpaired) electrons. The Morgan fingerprint density at radius 2 is 1.88 bits per heavy atom. The highest BCUT2D eigenvalue weighted by Gasteiger charge is 2.25. The third-order valence-electron chi connectivity index (χ3n) is 4.53. The number of fused-ring (bicyclic) bond motifs is 2. The molecule has 1 aliphatic heterocycles. The van der Waals surface area contributed by atoms with Gasteiger partial charge in [-0.2, -0.15) is 0 Å². The summed E-state index contributed by atoms with van der Waals surface area (Å²) in [6.45, 7) is 4.61. The molecular weight excluding hydrogens is 312 g/mol. The fourth-order valence-corrected chi connectivity index (χ4v) is 3.36. The second-order valence-corrected chi connectivity index (χ2v) is 6.61. The van der Waals surface area contributed by atoms with Crippen LogP contribution in [0.15, 0.2) is 54.7 Å². The Morgan fingerprint density at radius 3 is 2.72 bits per heavy atom. The zero-order valence-electron chi connectivity index (χ0n) is 14.4. The summed E-state index contributed by atoms with van der Waals surface area (Å²) in [4.78, 5) is 18.7. The molecule has 0 N–H and O–H groups in total. The van der Waals surface area contributed by atoms with Crippen molar-refractivity contribution in [3.63, 3.8) is 0 Å². The number of hydrogen-bond acceptors (Lipinski definition) is 3. The van der Waals surface area contributed by atoms with E-state index in [1.807, 2.05) is 49.2 Å². The van der Waals surface area contributed by atoms with Crippen molar-refractivity contribution < 1.29 is 9.53 Å². The van der Waals surface area contributed by atoms with Crippen LogP contribution in [0.25, 0.3) is 22.0 Å². The van der Waals surface area contributed by atoms with E-state index in [9.17, 15) is 4.79 Å². The monoisotopic (exact) mass is 332 g/mol. The maximum absolute atomic E-state index is 12.3. The minimum atomic E-state index is 0.00821. The van der Waals surface area contributed by atoms with Crippen molar-refractivity contribution in [1.82, 2.24) is 4.98 Å². The Bertz CT molecular complexity index is 950. The van der Waals surface area contributed by atoms with Crippen molar-refractivity contribution in [2.75, 3.05) is 11.5 Å². The van der Waals surface area contributed by atoms with Crippen LogP contribution in [0.5, 0.6) is 0 Å². The minimum absolute atomic E-state index is 0.00821. The lowest BCUT2D eigenvalue weighted by Crippen LogP contribution is -2.38. The van der Waals surface area contributed by atoms with Gasteiger partial charge < -0.3 is 9.64 Å². The average molecular weight is 332 g/mol. The first-order chi connectivity index (χ1) is 12.1. The molecule has 2 heterocycles. The predicted octanol–water partition coefficient (Wildman–Crippen LogP) is 4.17. The summed E-state index contributed by atoms with van der Waals surface area (Å²) in [6.07, 6.45) is 1.90. The van der Waals surface area contributed by atoms with Gasteiger partial charge in [-0.15, -0.1) is 0 Å². The molecular formula is C21H20N2O2. The first-order valence-electron chi connectivity index (χ1n) is 8.51. The maximum atomic E-state index is 12.3. The molecule has 0 saturated heterocycles. The number of benzene rings is 2. The molecule has 2 aromatic carbocycles. The quantitative estimate of drug-likeness (QED) is 0.707. The summed E-state index contributed by atoms with van der Waals surface area (Å²) >= 11 is 0. The second-order valence-electron chi connectivity index (χ2n) is 6.61. The fraction of sp³-hybridized carbons (Fsp3) is 0.238. The third-order valence-corrected chi connectivity index (χ3v) is 4.53. The highest BCUT2D eigenvalue weighted by molar-refractivity contribution is 5.96. The summed E-state index contributed by atoms with van der Waals surface area (Å²) in [7, 11) is 0. The number of amides is 1. The zero-order chi connectivity index (χ0) is 17.4. The molecule has 0 fully saturated rings. The van der Waals surface area contributed by atoms with Gasteiger partial charge in [0.1, 0.15) is 6.61 Å². The Kier molecular flexibility index (Phi) is 3.98. The average Bonchev–Trinajstić information content (AvgIpc) is 2.78. The number of hydrogen-bond donors (Lipinski definition) is 0. The van der Waals surface area contributed by atoms with Gasteiger partial charge >= 0.3 is 0 Å². The number of aromatic nitrogens is 1. The largest absolute Gasteiger partial charge is 0.367 e. The van der Waals surface area contributed by atoms with E-state index in [1.165, 1.54) is 0 Å². The lowest BCUT2D eigenvalue weighted by atomic mass is 10.0. The fourth-order valence-electron chi connectivity index (χ4n) is 3.36. The van der Waals surface area contributed by atoms with Crippen molar-refractivity contribution in [3.05, 3.63) is 60.3 Å². The number of anilines is 1. The first kappa shape index (κ1) is 15.8. The number of para-hydroxylation sites is 1. The minimum Gasteiger partial charge on any atom is -0.367 e. The summed E-state index contributed by atoms with van der Waals surface area (Å²) in [6, 6.07) is 16.5. The van der Waals surface area contributed by atoms with Gasteiger partial charge in [-0.1, -0.05) is 24.3 Å². The molecule has 0 aliphatic carbocycles. The highest BCUT2D eigenvalue weighted by Crippen LogP contribution is 2.31. The smallest absolute Gasteiger partial charge is 0.253 e. The summed E-state index contributed by atoms with van der Waals surface area (Å²) in [5, 5.41) is 1.12. The van der Waals surface area contributed by atoms with Crippen molar-refractivity contribution >= 4 is 22.5 Å². The Morgan fingerprint density at radius 1 is 1.04 bits per heavy atom. The normalized spacial score (nSPS) is 14.7. The molecule has 4 rings (SSSR count). The van der Waals surface area contributed by atoms with E-state index < -0.39 is 0 Å². The van der Waals surface area contributed by atoms with Gasteiger partial charge in [0, 0.05) is 34.4 Å². The highest BCUT2D eigenvalue weighted by atomic mass is 16.5. The molecule has 1 aliphatic rings. The number of carbonyl (C=O) groups excluding carboxylic acids is 1. The van der Waals surface area contributed by atoms with E-state index in [1.54, 1.807) is 0 Å². The molecule has 0 atom stereocenters. The van der Waals surface area contributed by atoms with Gasteiger partial charge in [-0.25, -0.2) is 0 Å². The van der Waals surface area contributed by atoms with Crippen LogP contribution < -0.4 is 4.90 Å². The van der Waals surface area contributed by atoms with Crippen LogP contribution in [0.2, 0.25) is 0 Å².